The van der Waals surface area contributed by atoms with Gasteiger partial charge in [-0.15, -0.1) is 0 Å². The molecule has 0 spiro atoms. The van der Waals surface area contributed by atoms with Crippen LogP contribution in [0.25, 0.3) is 0 Å². The van der Waals surface area contributed by atoms with E-state index in [1.165, 1.54) is 12.2 Å². The van der Waals surface area contributed by atoms with Crippen molar-refractivity contribution >= 4 is 17.9 Å². The van der Waals surface area contributed by atoms with E-state index in [4.69, 9.17) is 5.73 Å². The highest BCUT2D eigenvalue weighted by molar-refractivity contribution is 6.12. The number of imide groups is 1. The molecule has 0 aromatic carbocycles. The van der Waals surface area contributed by atoms with E-state index >= 15 is 0 Å². The van der Waals surface area contributed by atoms with Crippen molar-refractivity contribution in [1.29, 1.82) is 0 Å². The summed E-state index contributed by atoms with van der Waals surface area (Å²) in [6.45, 7) is 0.547. The van der Waals surface area contributed by atoms with E-state index in [-0.39, 0.29) is 18.4 Å². The van der Waals surface area contributed by atoms with Crippen LogP contribution in [-0.2, 0) is 14.3 Å². The Bertz CT molecular complexity index is 293. The molecule has 2 N–H and O–H groups in total. The normalized spacial score (nSPS) is 14.8. The Labute approximate surface area is 86.7 Å². The van der Waals surface area contributed by atoms with E-state index in [0.29, 0.717) is 19.4 Å². The second-order valence-electron chi connectivity index (χ2n) is 3.04. The lowest BCUT2D eigenvalue weighted by Crippen LogP contribution is -2.31. The third-order valence-electron chi connectivity index (χ3n) is 1.92. The number of nitrogens with zero attached hydrogens (tertiary/aromatic N) is 1. The average molecular weight is 212 g/mol. The lowest BCUT2D eigenvalue weighted by atomic mass is 10.3. The van der Waals surface area contributed by atoms with Gasteiger partial charge in [0.05, 0.1) is 6.61 Å². The van der Waals surface area contributed by atoms with Gasteiger partial charge in [0.1, 0.15) is 0 Å². The number of primary amides is 1. The highest BCUT2D eigenvalue weighted by Crippen LogP contribution is 2.05. The molecule has 0 saturated heterocycles. The summed E-state index contributed by atoms with van der Waals surface area (Å²) in [5.41, 5.74) is 4.75. The molecule has 6 heteroatoms. The monoisotopic (exact) mass is 212 g/mol. The van der Waals surface area contributed by atoms with Gasteiger partial charge in [0.15, 0.2) is 0 Å². The number of hydrogen-bond acceptors (Lipinski definition) is 4. The zero-order valence-electron chi connectivity index (χ0n) is 8.14. The zero-order chi connectivity index (χ0) is 11.3. The maximum absolute atomic E-state index is 11.1. The molecule has 0 bridgehead atoms. The number of rotatable bonds is 5. The molecular weight excluding hydrogens is 200 g/mol. The van der Waals surface area contributed by atoms with E-state index in [9.17, 15) is 14.4 Å². The van der Waals surface area contributed by atoms with Crippen molar-refractivity contribution in [1.82, 2.24) is 4.90 Å². The smallest absolute Gasteiger partial charge is 0.404 e. The van der Waals surface area contributed by atoms with Gasteiger partial charge in [0.2, 0.25) is 0 Å². The molecule has 0 atom stereocenters. The standard InChI is InChI=1S/C9H12N2O4/c10-9(14)15-6-2-1-5-11-7(12)3-4-8(11)13/h3-4H,1-2,5-6H2,(H2,10,14). The van der Waals surface area contributed by atoms with Crippen LogP contribution in [0.2, 0.25) is 0 Å². The number of hydrogen-bond donors (Lipinski definition) is 1. The van der Waals surface area contributed by atoms with Gasteiger partial charge in [-0.25, -0.2) is 4.79 Å². The Morgan fingerprint density at radius 2 is 1.87 bits per heavy atom. The molecule has 0 unspecified atom stereocenters. The minimum absolute atomic E-state index is 0.207. The second-order valence-corrected chi connectivity index (χ2v) is 3.04. The number of carbonyl (C=O) groups is 3. The van der Waals surface area contributed by atoms with Crippen LogP contribution in [0.15, 0.2) is 12.2 Å². The zero-order valence-corrected chi connectivity index (χ0v) is 8.14. The lowest BCUT2D eigenvalue weighted by molar-refractivity contribution is -0.136. The van der Waals surface area contributed by atoms with Crippen molar-refractivity contribution in [3.63, 3.8) is 0 Å². The van der Waals surface area contributed by atoms with Gasteiger partial charge >= 0.3 is 6.09 Å². The maximum Gasteiger partial charge on any atom is 0.404 e. The minimum atomic E-state index is -0.815. The molecule has 1 aliphatic heterocycles. The quantitative estimate of drug-likeness (QED) is 0.504. The molecular formula is C9H12N2O4. The van der Waals surface area contributed by atoms with Crippen LogP contribution in [0, 0.1) is 0 Å². The van der Waals surface area contributed by atoms with E-state index in [1.807, 2.05) is 0 Å². The van der Waals surface area contributed by atoms with Crippen LogP contribution >= 0.6 is 0 Å². The maximum atomic E-state index is 11.1. The van der Waals surface area contributed by atoms with Crippen LogP contribution in [0.3, 0.4) is 0 Å². The fraction of sp³-hybridized carbons (Fsp3) is 0.444. The topological polar surface area (TPSA) is 89.7 Å². The number of ether oxygens (including phenoxy) is 1. The number of unbranched alkanes of at least 4 members (excludes halogenated alkanes) is 1. The molecule has 0 aromatic heterocycles. The van der Waals surface area contributed by atoms with Crippen LogP contribution in [0.5, 0.6) is 0 Å². The first-order valence-electron chi connectivity index (χ1n) is 4.57. The Hall–Kier alpha value is -1.85. The van der Waals surface area contributed by atoms with E-state index in [0.717, 1.165) is 4.90 Å². The number of carbonyl (C=O) groups excluding carboxylic acids is 3. The molecule has 0 aliphatic carbocycles. The molecule has 0 fully saturated rings. The molecule has 6 nitrogen and oxygen atoms in total. The highest BCUT2D eigenvalue weighted by atomic mass is 16.5. The summed E-state index contributed by atoms with van der Waals surface area (Å²) in [6.07, 6.45) is 2.82. The molecule has 3 amide bonds. The Morgan fingerprint density at radius 1 is 1.27 bits per heavy atom. The van der Waals surface area contributed by atoms with Gasteiger partial charge in [-0.1, -0.05) is 0 Å². The van der Waals surface area contributed by atoms with Crippen LogP contribution in [-0.4, -0.2) is 36.0 Å². The van der Waals surface area contributed by atoms with Crippen molar-refractivity contribution in [2.24, 2.45) is 5.73 Å². The van der Waals surface area contributed by atoms with E-state index in [2.05, 4.69) is 4.74 Å². The summed E-state index contributed by atoms with van der Waals surface area (Å²) in [7, 11) is 0. The predicted molar refractivity (Wildman–Crippen MR) is 50.6 cm³/mol. The molecule has 1 rings (SSSR count). The minimum Gasteiger partial charge on any atom is -0.450 e. The van der Waals surface area contributed by atoms with E-state index in [1.54, 1.807) is 0 Å². The summed E-state index contributed by atoms with van der Waals surface area (Å²) >= 11 is 0. The Kier molecular flexibility index (Phi) is 3.84. The number of nitrogens with two attached hydrogens (primary N) is 1. The van der Waals surface area contributed by atoms with Crippen LogP contribution in [0.4, 0.5) is 4.79 Å². The third-order valence-corrected chi connectivity index (χ3v) is 1.92. The third kappa shape index (κ3) is 3.41. The predicted octanol–water partition coefficient (Wildman–Crippen LogP) is -0.213. The summed E-state index contributed by atoms with van der Waals surface area (Å²) in [5, 5.41) is 0. The van der Waals surface area contributed by atoms with Gasteiger partial charge in [0.25, 0.3) is 11.8 Å². The largest absolute Gasteiger partial charge is 0.450 e. The number of amides is 3. The molecule has 1 aliphatic rings. The molecule has 82 valence electrons. The summed E-state index contributed by atoms with van der Waals surface area (Å²) in [5.74, 6) is -0.591. The van der Waals surface area contributed by atoms with Crippen LogP contribution < -0.4 is 5.73 Å². The molecule has 0 radical (unpaired) electrons. The van der Waals surface area contributed by atoms with Crippen LogP contribution in [0.1, 0.15) is 12.8 Å². The molecule has 15 heavy (non-hydrogen) atoms. The van der Waals surface area contributed by atoms with Gasteiger partial charge in [-0.3, -0.25) is 14.5 Å². The van der Waals surface area contributed by atoms with Crippen molar-refractivity contribution in [2.75, 3.05) is 13.2 Å². The second kappa shape index (κ2) is 5.14. The summed E-state index contributed by atoms with van der Waals surface area (Å²) in [6, 6.07) is 0. The SMILES string of the molecule is NC(=O)OCCCCN1C(=O)C=CC1=O. The van der Waals surface area contributed by atoms with Gasteiger partial charge in [-0.2, -0.15) is 0 Å². The molecule has 0 aromatic rings. The van der Waals surface area contributed by atoms with Gasteiger partial charge in [-0.05, 0) is 12.8 Å². The van der Waals surface area contributed by atoms with Gasteiger partial charge < -0.3 is 10.5 Å². The van der Waals surface area contributed by atoms with E-state index < -0.39 is 6.09 Å². The van der Waals surface area contributed by atoms with Crippen molar-refractivity contribution in [2.45, 2.75) is 12.8 Å². The first kappa shape index (κ1) is 11.2. The Morgan fingerprint density at radius 3 is 2.40 bits per heavy atom. The average Bonchev–Trinajstić information content (AvgIpc) is 2.47. The fourth-order valence-corrected chi connectivity index (χ4v) is 1.20. The Balaban J connectivity index is 2.13. The first-order chi connectivity index (χ1) is 7.11. The summed E-state index contributed by atoms with van der Waals surface area (Å²) < 4.78 is 4.50. The summed E-state index contributed by atoms with van der Waals surface area (Å²) in [4.78, 5) is 33.5. The van der Waals surface area contributed by atoms with Crippen molar-refractivity contribution < 1.29 is 19.1 Å². The molecule has 0 saturated carbocycles. The van der Waals surface area contributed by atoms with Gasteiger partial charge in [0, 0.05) is 18.7 Å². The fourth-order valence-electron chi connectivity index (χ4n) is 1.20. The van der Waals surface area contributed by atoms with Crippen molar-refractivity contribution in [3.8, 4) is 0 Å². The van der Waals surface area contributed by atoms with Crippen molar-refractivity contribution in [3.05, 3.63) is 12.2 Å². The highest BCUT2D eigenvalue weighted by Gasteiger charge is 2.22. The lowest BCUT2D eigenvalue weighted by Gasteiger charge is -2.12. The molecule has 1 heterocycles. The first-order valence-corrected chi connectivity index (χ1v) is 4.57.